The number of amides is 1. The molecule has 30 heavy (non-hydrogen) atoms. The van der Waals surface area contributed by atoms with Crippen LogP contribution in [0, 0.1) is 13.8 Å². The first kappa shape index (κ1) is 23.4. The van der Waals surface area contributed by atoms with Crippen LogP contribution in [0.2, 0.25) is 0 Å². The second-order valence-corrected chi connectivity index (χ2v) is 6.91. The van der Waals surface area contributed by atoms with Gasteiger partial charge in [-0.2, -0.15) is 0 Å². The molecule has 8 nitrogen and oxygen atoms in total. The van der Waals surface area contributed by atoms with Crippen molar-refractivity contribution in [1.29, 1.82) is 0 Å². The minimum absolute atomic E-state index is 0.150. The molecule has 1 atom stereocenters. The van der Waals surface area contributed by atoms with Gasteiger partial charge in [-0.15, -0.1) is 0 Å². The third kappa shape index (κ3) is 4.48. The zero-order valence-corrected chi connectivity index (χ0v) is 18.5. The highest BCUT2D eigenvalue weighted by molar-refractivity contribution is 6.07. The van der Waals surface area contributed by atoms with E-state index in [0.29, 0.717) is 29.1 Å². The average Bonchev–Trinajstić information content (AvgIpc) is 3.34. The second-order valence-electron chi connectivity index (χ2n) is 6.91. The number of hydrogen-bond acceptors (Lipinski definition) is 6. The lowest BCUT2D eigenvalue weighted by atomic mass is 9.99. The first-order chi connectivity index (χ1) is 14.3. The predicted molar refractivity (Wildman–Crippen MR) is 111 cm³/mol. The SMILES string of the molecule is CCOC(=O)c1c(C)c(C(=O)C(C)N(CCOC)C(=O)c2ccco2)c(C)n1CC. The monoisotopic (exact) mass is 418 g/mol. The molecule has 164 valence electrons. The molecule has 1 unspecified atom stereocenters. The zero-order valence-electron chi connectivity index (χ0n) is 18.5. The fourth-order valence-electron chi connectivity index (χ4n) is 3.67. The van der Waals surface area contributed by atoms with E-state index in [4.69, 9.17) is 13.9 Å². The fraction of sp³-hybridized carbons (Fsp3) is 0.500. The predicted octanol–water partition coefficient (Wildman–Crippen LogP) is 3.25. The Labute approximate surface area is 176 Å². The molecule has 0 aliphatic carbocycles. The Morgan fingerprint density at radius 1 is 1.23 bits per heavy atom. The molecule has 0 fully saturated rings. The summed E-state index contributed by atoms with van der Waals surface area (Å²) in [4.78, 5) is 40.3. The van der Waals surface area contributed by atoms with Crippen molar-refractivity contribution in [1.82, 2.24) is 9.47 Å². The maximum Gasteiger partial charge on any atom is 0.355 e. The zero-order chi connectivity index (χ0) is 22.4. The van der Waals surface area contributed by atoms with Crippen LogP contribution in [0.1, 0.15) is 63.4 Å². The minimum atomic E-state index is -0.780. The number of ether oxygens (including phenoxy) is 2. The van der Waals surface area contributed by atoms with Crippen LogP contribution in [0.15, 0.2) is 22.8 Å². The van der Waals surface area contributed by atoms with Crippen molar-refractivity contribution in [2.75, 3.05) is 26.9 Å². The fourth-order valence-corrected chi connectivity index (χ4v) is 3.67. The molecule has 0 spiro atoms. The highest BCUT2D eigenvalue weighted by Gasteiger charge is 2.33. The second kappa shape index (κ2) is 10.2. The molecule has 0 aromatic carbocycles. The minimum Gasteiger partial charge on any atom is -0.461 e. The van der Waals surface area contributed by atoms with Crippen molar-refractivity contribution in [2.45, 2.75) is 47.2 Å². The van der Waals surface area contributed by atoms with Crippen LogP contribution in [0.25, 0.3) is 0 Å². The molecule has 0 N–H and O–H groups in total. The van der Waals surface area contributed by atoms with Gasteiger partial charge in [-0.25, -0.2) is 4.79 Å². The highest BCUT2D eigenvalue weighted by Crippen LogP contribution is 2.26. The van der Waals surface area contributed by atoms with Gasteiger partial charge in [-0.05, 0) is 52.3 Å². The maximum absolute atomic E-state index is 13.5. The molecule has 2 aromatic rings. The largest absolute Gasteiger partial charge is 0.461 e. The number of hydrogen-bond donors (Lipinski definition) is 0. The van der Waals surface area contributed by atoms with Gasteiger partial charge in [-0.1, -0.05) is 0 Å². The molecule has 0 bridgehead atoms. The van der Waals surface area contributed by atoms with E-state index in [1.54, 1.807) is 44.4 Å². The molecule has 8 heteroatoms. The molecule has 0 radical (unpaired) electrons. The summed E-state index contributed by atoms with van der Waals surface area (Å²) in [5.74, 6) is -0.959. The number of nitrogens with zero attached hydrogens (tertiary/aromatic N) is 2. The lowest BCUT2D eigenvalue weighted by Gasteiger charge is -2.27. The highest BCUT2D eigenvalue weighted by atomic mass is 16.5. The Bertz CT molecular complexity index is 897. The van der Waals surface area contributed by atoms with Crippen molar-refractivity contribution in [3.05, 3.63) is 46.7 Å². The van der Waals surface area contributed by atoms with Crippen LogP contribution in [-0.2, 0) is 16.0 Å². The van der Waals surface area contributed by atoms with E-state index in [-0.39, 0.29) is 31.3 Å². The summed E-state index contributed by atoms with van der Waals surface area (Å²) in [5.41, 5.74) is 2.03. The Balaban J connectivity index is 2.46. The third-order valence-corrected chi connectivity index (χ3v) is 5.17. The summed E-state index contributed by atoms with van der Waals surface area (Å²) >= 11 is 0. The van der Waals surface area contributed by atoms with Gasteiger partial charge in [0, 0.05) is 31.5 Å². The number of methoxy groups -OCH3 is 1. The van der Waals surface area contributed by atoms with Crippen LogP contribution in [-0.4, -0.2) is 60.0 Å². The Hall–Kier alpha value is -2.87. The van der Waals surface area contributed by atoms with Gasteiger partial charge in [0.25, 0.3) is 5.91 Å². The molecule has 2 rings (SSSR count). The molecule has 0 saturated heterocycles. The van der Waals surface area contributed by atoms with Crippen LogP contribution in [0.3, 0.4) is 0 Å². The number of carbonyl (C=O) groups is 3. The van der Waals surface area contributed by atoms with Gasteiger partial charge in [0.15, 0.2) is 11.5 Å². The number of rotatable bonds is 10. The van der Waals surface area contributed by atoms with Crippen molar-refractivity contribution in [3.8, 4) is 0 Å². The molecular formula is C22H30N2O6. The van der Waals surface area contributed by atoms with E-state index < -0.39 is 17.9 Å². The Morgan fingerprint density at radius 3 is 2.47 bits per heavy atom. The maximum atomic E-state index is 13.5. The average molecular weight is 418 g/mol. The summed E-state index contributed by atoms with van der Waals surface area (Å²) in [7, 11) is 1.53. The van der Waals surface area contributed by atoms with Crippen molar-refractivity contribution >= 4 is 17.7 Å². The number of carbonyl (C=O) groups excluding carboxylic acids is 3. The lowest BCUT2D eigenvalue weighted by molar-refractivity contribution is 0.0511. The summed E-state index contributed by atoms with van der Waals surface area (Å²) in [6.45, 7) is 10.1. The van der Waals surface area contributed by atoms with Crippen molar-refractivity contribution < 1.29 is 28.3 Å². The third-order valence-electron chi connectivity index (χ3n) is 5.17. The number of esters is 1. The van der Waals surface area contributed by atoms with Gasteiger partial charge in [0.05, 0.1) is 25.5 Å². The van der Waals surface area contributed by atoms with Gasteiger partial charge in [0.1, 0.15) is 5.69 Å². The van der Waals surface area contributed by atoms with Crippen molar-refractivity contribution in [3.63, 3.8) is 0 Å². The Kier molecular flexibility index (Phi) is 8.00. The summed E-state index contributed by atoms with van der Waals surface area (Å²) in [6, 6.07) is 2.40. The molecule has 2 heterocycles. The molecule has 1 amide bonds. The van der Waals surface area contributed by atoms with E-state index in [2.05, 4.69) is 0 Å². The van der Waals surface area contributed by atoms with E-state index >= 15 is 0 Å². The quantitative estimate of drug-likeness (QED) is 0.434. The molecule has 0 saturated carbocycles. The first-order valence-electron chi connectivity index (χ1n) is 10.0. The summed E-state index contributed by atoms with van der Waals surface area (Å²) in [6.07, 6.45) is 1.41. The van der Waals surface area contributed by atoms with Crippen LogP contribution in [0.5, 0.6) is 0 Å². The smallest absolute Gasteiger partial charge is 0.355 e. The van der Waals surface area contributed by atoms with Crippen LogP contribution >= 0.6 is 0 Å². The van der Waals surface area contributed by atoms with Gasteiger partial charge in [0.2, 0.25) is 0 Å². The van der Waals surface area contributed by atoms with Crippen LogP contribution in [0.4, 0.5) is 0 Å². The number of aromatic nitrogens is 1. The van der Waals surface area contributed by atoms with E-state index in [0.717, 1.165) is 0 Å². The lowest BCUT2D eigenvalue weighted by Crippen LogP contribution is -2.45. The van der Waals surface area contributed by atoms with E-state index in [1.807, 2.05) is 6.92 Å². The molecule has 0 aliphatic heterocycles. The summed E-state index contributed by atoms with van der Waals surface area (Å²) in [5, 5.41) is 0. The first-order valence-corrected chi connectivity index (χ1v) is 10.0. The van der Waals surface area contributed by atoms with Gasteiger partial charge in [-0.3, -0.25) is 9.59 Å². The molecular weight excluding hydrogens is 388 g/mol. The molecule has 2 aromatic heterocycles. The van der Waals surface area contributed by atoms with Crippen molar-refractivity contribution in [2.24, 2.45) is 0 Å². The molecule has 0 aliphatic rings. The standard InChI is InChI=1S/C22H30N2O6/c1-7-23-15(4)18(14(3)19(23)22(27)29-8-2)20(25)16(5)24(11-13-28-6)21(26)17-10-9-12-30-17/h9-10,12,16H,7-8,11,13H2,1-6H3. The van der Waals surface area contributed by atoms with E-state index in [9.17, 15) is 14.4 Å². The number of ketones is 1. The van der Waals surface area contributed by atoms with Gasteiger partial charge < -0.3 is 23.4 Å². The normalized spacial score (nSPS) is 11.9. The summed E-state index contributed by atoms with van der Waals surface area (Å²) < 4.78 is 17.3. The number of Topliss-reactive ketones (excluding diaryl/α,β-unsaturated/α-hetero) is 1. The van der Waals surface area contributed by atoms with Crippen LogP contribution < -0.4 is 0 Å². The van der Waals surface area contributed by atoms with Gasteiger partial charge >= 0.3 is 5.97 Å². The topological polar surface area (TPSA) is 91.0 Å². The van der Waals surface area contributed by atoms with E-state index in [1.165, 1.54) is 18.3 Å². The Morgan fingerprint density at radius 2 is 1.93 bits per heavy atom. The number of furan rings is 1.